The minimum absolute atomic E-state index is 0.0677. The summed E-state index contributed by atoms with van der Waals surface area (Å²) in [6.45, 7) is 19.4. The largest absolute Gasteiger partial charge is 0.490 e. The first kappa shape index (κ1) is 119. The van der Waals surface area contributed by atoms with Gasteiger partial charge in [-0.1, -0.05) is 234 Å². The molecule has 33 heteroatoms. The third kappa shape index (κ3) is 46.4. The monoisotopic (exact) mass is 2010 g/mol. The van der Waals surface area contributed by atoms with Gasteiger partial charge in [-0.3, -0.25) is 43.4 Å². The predicted molar refractivity (Wildman–Crippen MR) is 550 cm³/mol. The van der Waals surface area contributed by atoms with Crippen LogP contribution in [0.25, 0.3) is 11.2 Å². The fourth-order valence-electron chi connectivity index (χ4n) is 15.7. The summed E-state index contributed by atoms with van der Waals surface area (Å²) in [6.07, 6.45) is 25.4. The number of rotatable bonds is 79. The molecular weight excluding hydrogens is 1850 g/mol. The molecule has 144 heavy (non-hydrogen) atoms. The SMILES string of the molecule is CCCCCCOc1ccc(CCOC(=O)CC[C@H](NC(=O)CC[C@H](NC(=O)c2ccc(N(Cc3cnc4nc(N)[nH]c(=O)c4n3)C(=O)C(F)(F)F)cc2)C(=O)N[C@@H](CCC(=O)OCCc2ccc(OCCCCCC)c(OCCCCCC)c2)C(=O)OCCc2ccc(OCCCCCC)c(OCCCCCC)c2)C(=O)OCCc2ccc(OCCCCCC)c(OCCCCCC)c2)cc1OCCCCCC. The van der Waals surface area contributed by atoms with E-state index in [1.165, 1.54) is 0 Å². The van der Waals surface area contributed by atoms with E-state index in [2.05, 4.69) is 91.3 Å². The Kier molecular flexibility index (Phi) is 57.8. The van der Waals surface area contributed by atoms with Crippen LogP contribution in [0.4, 0.5) is 24.8 Å². The highest BCUT2D eigenvalue weighted by atomic mass is 19.4. The number of esters is 4. The Labute approximate surface area is 849 Å². The lowest BCUT2D eigenvalue weighted by Crippen LogP contribution is -2.52. The van der Waals surface area contributed by atoms with Crippen LogP contribution in [0.15, 0.2) is 108 Å². The Morgan fingerprint density at radius 3 is 1.04 bits per heavy atom. The van der Waals surface area contributed by atoms with Gasteiger partial charge in [0.2, 0.25) is 17.8 Å². The van der Waals surface area contributed by atoms with E-state index in [1.54, 1.807) is 6.07 Å². The van der Waals surface area contributed by atoms with Gasteiger partial charge >= 0.3 is 36.0 Å². The third-order valence-corrected chi connectivity index (χ3v) is 24.2. The number of nitrogen functional groups attached to an aromatic ring is 1. The molecule has 7 aromatic rings. The summed E-state index contributed by atoms with van der Waals surface area (Å²) in [5, 5.41) is 7.99. The number of benzene rings is 5. The van der Waals surface area contributed by atoms with Crippen molar-refractivity contribution in [2.75, 3.05) is 89.9 Å². The van der Waals surface area contributed by atoms with Gasteiger partial charge in [0.15, 0.2) is 57.2 Å². The van der Waals surface area contributed by atoms with Gasteiger partial charge in [-0.05, 0) is 166 Å². The number of hydrogen-bond acceptors (Lipinski definition) is 25. The molecule has 5 aromatic carbocycles. The maximum absolute atomic E-state index is 15.4. The van der Waals surface area contributed by atoms with Crippen molar-refractivity contribution in [3.05, 3.63) is 147 Å². The first-order valence-electron chi connectivity index (χ1n) is 53.0. The van der Waals surface area contributed by atoms with Crippen molar-refractivity contribution >= 4 is 70.3 Å². The number of amides is 4. The Hall–Kier alpha value is -11.9. The summed E-state index contributed by atoms with van der Waals surface area (Å²) in [7, 11) is 0. The fraction of sp³-hybridized carbons (Fsp3) is 0.604. The smallest absolute Gasteiger partial charge is 0.471 e. The second-order valence-corrected chi connectivity index (χ2v) is 36.4. The summed E-state index contributed by atoms with van der Waals surface area (Å²) in [4.78, 5) is 144. The minimum Gasteiger partial charge on any atom is -0.490 e. The second-order valence-electron chi connectivity index (χ2n) is 36.4. The molecule has 2 aromatic heterocycles. The quantitative estimate of drug-likeness (QED) is 0.0134. The summed E-state index contributed by atoms with van der Waals surface area (Å²) < 4.78 is 117. The maximum atomic E-state index is 15.4. The van der Waals surface area contributed by atoms with Gasteiger partial charge < -0.3 is 78.5 Å². The molecule has 30 nitrogen and oxygen atoms in total. The number of alkyl halides is 3. The molecule has 0 aliphatic heterocycles. The Bertz CT molecular complexity index is 5000. The zero-order valence-corrected chi connectivity index (χ0v) is 86.5. The van der Waals surface area contributed by atoms with E-state index in [0.717, 1.165) is 253 Å². The first-order chi connectivity index (χ1) is 69.9. The van der Waals surface area contributed by atoms with Crippen molar-refractivity contribution in [3.63, 3.8) is 0 Å². The summed E-state index contributed by atoms with van der Waals surface area (Å²) in [5.41, 5.74) is 6.28. The number of carbonyl (C=O) groups is 8. The Morgan fingerprint density at radius 2 is 0.701 bits per heavy atom. The van der Waals surface area contributed by atoms with Crippen LogP contribution in [0, 0.1) is 0 Å². The number of nitrogens with zero attached hydrogens (tertiary/aromatic N) is 4. The number of fused-ring (bicyclic) bond motifs is 1. The number of nitrogens with one attached hydrogen (secondary N) is 4. The zero-order valence-electron chi connectivity index (χ0n) is 86.5. The molecule has 0 spiro atoms. The van der Waals surface area contributed by atoms with Crippen LogP contribution in [0.1, 0.15) is 338 Å². The van der Waals surface area contributed by atoms with Crippen molar-refractivity contribution in [1.29, 1.82) is 0 Å². The van der Waals surface area contributed by atoms with Crippen LogP contribution in [-0.4, -0.2) is 171 Å². The van der Waals surface area contributed by atoms with Gasteiger partial charge in [0.25, 0.3) is 11.5 Å². The van der Waals surface area contributed by atoms with E-state index in [4.69, 9.17) is 62.6 Å². The number of halogens is 3. The number of hydrogen-bond donors (Lipinski definition) is 5. The van der Waals surface area contributed by atoms with E-state index in [1.807, 2.05) is 66.7 Å². The van der Waals surface area contributed by atoms with Crippen LogP contribution >= 0.6 is 0 Å². The number of H-pyrrole nitrogens is 1. The second kappa shape index (κ2) is 69.9. The topological polar surface area (TPSA) is 384 Å². The summed E-state index contributed by atoms with van der Waals surface area (Å²) >= 11 is 0. The molecule has 4 amide bonds. The van der Waals surface area contributed by atoms with Gasteiger partial charge in [0, 0.05) is 56.2 Å². The minimum atomic E-state index is -5.47. The van der Waals surface area contributed by atoms with Crippen molar-refractivity contribution in [2.24, 2.45) is 0 Å². The molecule has 0 fully saturated rings. The van der Waals surface area contributed by atoms with Crippen LogP contribution < -0.4 is 70.0 Å². The van der Waals surface area contributed by atoms with Crippen molar-refractivity contribution in [2.45, 2.75) is 356 Å². The lowest BCUT2D eigenvalue weighted by molar-refractivity contribution is -0.170. The van der Waals surface area contributed by atoms with E-state index in [-0.39, 0.29) is 86.9 Å². The van der Waals surface area contributed by atoms with Crippen LogP contribution in [0.2, 0.25) is 0 Å². The van der Waals surface area contributed by atoms with Crippen LogP contribution in [0.3, 0.4) is 0 Å². The van der Waals surface area contributed by atoms with E-state index in [0.29, 0.717) is 109 Å². The average Bonchev–Trinajstić information content (AvgIpc) is 0.795. The number of nitrogens with two attached hydrogens (primary N) is 1. The Morgan fingerprint density at radius 1 is 0.375 bits per heavy atom. The van der Waals surface area contributed by atoms with Gasteiger partial charge in [0.1, 0.15) is 18.1 Å². The normalized spacial score (nSPS) is 11.9. The zero-order chi connectivity index (χ0) is 104. The molecule has 7 rings (SSSR count). The molecule has 2 heterocycles. The molecule has 0 bridgehead atoms. The van der Waals surface area contributed by atoms with Gasteiger partial charge in [-0.15, -0.1) is 0 Å². The van der Waals surface area contributed by atoms with Gasteiger partial charge in [-0.2, -0.15) is 18.2 Å². The van der Waals surface area contributed by atoms with Crippen molar-refractivity contribution in [1.82, 2.24) is 35.9 Å². The molecule has 0 aliphatic carbocycles. The molecule has 6 N–H and O–H groups in total. The highest BCUT2D eigenvalue weighted by molar-refractivity contribution is 6.00. The predicted octanol–water partition coefficient (Wildman–Crippen LogP) is 21.6. The molecule has 0 unspecified atom stereocenters. The standard InChI is InChI=1S/C111H160F3N9O21/c1-9-17-25-33-63-133-91-52-41-81(75-95(91)137-67-37-29-21-13-5)59-71-141-100(125)57-50-89(107(130)143-73-61-83-43-54-93(135-65-35-27-19-11-3)97(77-83)139-69-39-31-23-15-7)118-99(124)56-49-88(119-104(127)85-45-47-87(48-46-85)123(109(132)111(112,113)114)80-86-79-116-103-102(117-86)106(129)122-110(115)121-103)105(128)120-90(108(131)144-74-62-84-44-55-94(136-66-36-28-20-12-4)98(78-84)140-70-40-32-24-16-8)51-58-101(126)142-72-60-82-42-53-92(134-64-34-26-18-10-2)96(76-82)138-68-38-30-22-14-6/h41-48,52-55,75-79,88-90H,9-40,49-51,56-74,80H2,1-8H3,(H,118,124)(H,119,127)(H,120,128)(H3,115,116,121,122,129)/t88-,89-,90-/m0/s1. The Balaban J connectivity index is 1.21. The highest BCUT2D eigenvalue weighted by Crippen LogP contribution is 2.35. The number of aromatic amines is 1. The molecule has 0 saturated carbocycles. The molecule has 796 valence electrons. The van der Waals surface area contributed by atoms with E-state index in [9.17, 15) is 51.5 Å². The number of ether oxygens (including phenoxy) is 12. The number of unbranched alkanes of at least 4 members (excludes halogenated alkanes) is 24. The molecular formula is C111H160F3N9O21. The number of aromatic nitrogens is 4. The maximum Gasteiger partial charge on any atom is 0.471 e. The van der Waals surface area contributed by atoms with Gasteiger partial charge in [0.05, 0.1) is 97.7 Å². The van der Waals surface area contributed by atoms with Crippen molar-refractivity contribution < 1.29 is 108 Å². The lowest BCUT2D eigenvalue weighted by Gasteiger charge is -2.24. The molecule has 0 saturated heterocycles. The van der Waals surface area contributed by atoms with Gasteiger partial charge in [-0.25, -0.2) is 19.6 Å². The lowest BCUT2D eigenvalue weighted by atomic mass is 10.1. The number of carbonyl (C=O) groups excluding carboxylic acids is 8. The van der Waals surface area contributed by atoms with Crippen LogP contribution in [0.5, 0.6) is 46.0 Å². The fourth-order valence-corrected chi connectivity index (χ4v) is 15.7. The van der Waals surface area contributed by atoms with E-state index < -0.39 is 122 Å². The third-order valence-electron chi connectivity index (χ3n) is 24.2. The summed E-state index contributed by atoms with van der Waals surface area (Å²) in [5.74, 6) is -4.56. The molecule has 3 atom stereocenters. The molecule has 0 radical (unpaired) electrons. The summed E-state index contributed by atoms with van der Waals surface area (Å²) in [6, 6.07) is 21.3. The first-order valence-corrected chi connectivity index (χ1v) is 53.0. The van der Waals surface area contributed by atoms with E-state index >= 15 is 4.79 Å². The van der Waals surface area contributed by atoms with Crippen LogP contribution in [-0.2, 0) is 84.7 Å². The van der Waals surface area contributed by atoms with Crippen molar-refractivity contribution in [3.8, 4) is 46.0 Å². The highest BCUT2D eigenvalue weighted by Gasteiger charge is 2.44. The average molecular weight is 2010 g/mol. The molecule has 0 aliphatic rings. The number of anilines is 2.